The number of fused-ring (bicyclic) bond motifs is 1. The van der Waals surface area contributed by atoms with E-state index in [4.69, 9.17) is 0 Å². The van der Waals surface area contributed by atoms with Gasteiger partial charge in [0.25, 0.3) is 0 Å². The first-order valence-corrected chi connectivity index (χ1v) is 6.90. The van der Waals surface area contributed by atoms with Crippen molar-refractivity contribution in [1.82, 2.24) is 9.97 Å². The van der Waals surface area contributed by atoms with Crippen molar-refractivity contribution in [3.8, 4) is 5.75 Å². The van der Waals surface area contributed by atoms with Gasteiger partial charge in [0.2, 0.25) is 0 Å². The van der Waals surface area contributed by atoms with E-state index in [1.165, 1.54) is 0 Å². The highest BCUT2D eigenvalue weighted by atomic mass is 79.9. The number of hydrogen-bond acceptors (Lipinski definition) is 3. The van der Waals surface area contributed by atoms with Crippen molar-refractivity contribution < 1.29 is 5.11 Å². The third-order valence-electron chi connectivity index (χ3n) is 2.93. The first-order valence-electron chi connectivity index (χ1n) is 6.11. The first-order chi connectivity index (χ1) is 9.61. The number of aromatic hydroxyl groups is 1. The van der Waals surface area contributed by atoms with Crippen molar-refractivity contribution in [1.29, 1.82) is 0 Å². The number of halogens is 1. The first kappa shape index (κ1) is 12.9. The van der Waals surface area contributed by atoms with Gasteiger partial charge in [-0.05, 0) is 43.3 Å². The van der Waals surface area contributed by atoms with E-state index in [1.807, 2.05) is 31.2 Å². The second-order valence-electron chi connectivity index (χ2n) is 4.49. The largest absolute Gasteiger partial charge is 0.507 e. The van der Waals surface area contributed by atoms with Crippen molar-refractivity contribution in [3.05, 3.63) is 52.3 Å². The van der Waals surface area contributed by atoms with Gasteiger partial charge in [-0.2, -0.15) is 0 Å². The Balaban J connectivity index is 1.95. The number of hydrogen-bond donors (Lipinski definition) is 2. The molecule has 0 aliphatic heterocycles. The van der Waals surface area contributed by atoms with E-state index in [0.29, 0.717) is 5.56 Å². The Bertz CT molecular complexity index is 808. The Morgan fingerprint density at radius 2 is 2.10 bits per heavy atom. The number of phenols is 1. The van der Waals surface area contributed by atoms with Crippen LogP contribution in [0, 0.1) is 6.92 Å². The summed E-state index contributed by atoms with van der Waals surface area (Å²) < 4.78 is 0.899. The van der Waals surface area contributed by atoms with Crippen molar-refractivity contribution in [2.45, 2.75) is 6.92 Å². The fourth-order valence-electron chi connectivity index (χ4n) is 1.98. The number of nitrogens with one attached hydrogen (secondary N) is 1. The van der Waals surface area contributed by atoms with Gasteiger partial charge in [-0.25, -0.2) is 4.98 Å². The zero-order valence-electron chi connectivity index (χ0n) is 10.8. The summed E-state index contributed by atoms with van der Waals surface area (Å²) in [5, 5.41) is 9.76. The highest BCUT2D eigenvalue weighted by Gasteiger charge is 2.01. The Kier molecular flexibility index (Phi) is 3.28. The van der Waals surface area contributed by atoms with Crippen LogP contribution in [0.15, 0.2) is 45.9 Å². The van der Waals surface area contributed by atoms with E-state index in [9.17, 15) is 5.11 Å². The lowest BCUT2D eigenvalue weighted by molar-refractivity contribution is 0.474. The molecule has 100 valence electrons. The Labute approximate surface area is 124 Å². The lowest BCUT2D eigenvalue weighted by atomic mass is 10.2. The van der Waals surface area contributed by atoms with E-state index in [0.717, 1.165) is 27.0 Å². The predicted molar refractivity (Wildman–Crippen MR) is 83.9 cm³/mol. The monoisotopic (exact) mass is 329 g/mol. The van der Waals surface area contributed by atoms with Crippen molar-refractivity contribution >= 4 is 38.9 Å². The van der Waals surface area contributed by atoms with Gasteiger partial charge in [-0.15, -0.1) is 0 Å². The summed E-state index contributed by atoms with van der Waals surface area (Å²) in [6, 6.07) is 11.0. The maximum atomic E-state index is 9.76. The minimum atomic E-state index is 0.204. The third kappa shape index (κ3) is 2.58. The lowest BCUT2D eigenvalue weighted by Gasteiger charge is -1.99. The minimum absolute atomic E-state index is 0.204. The number of nitrogens with zero attached hydrogens (tertiary/aromatic N) is 2. The molecule has 2 N–H and O–H groups in total. The molecule has 0 aliphatic rings. The van der Waals surface area contributed by atoms with Gasteiger partial charge in [0.15, 0.2) is 0 Å². The zero-order valence-corrected chi connectivity index (χ0v) is 12.3. The molecule has 3 rings (SSSR count). The molecule has 0 saturated carbocycles. The summed E-state index contributed by atoms with van der Waals surface area (Å²) in [6.45, 7) is 1.92. The van der Waals surface area contributed by atoms with Gasteiger partial charge < -0.3 is 10.1 Å². The van der Waals surface area contributed by atoms with Gasteiger partial charge in [-0.1, -0.05) is 15.9 Å². The summed E-state index contributed by atoms with van der Waals surface area (Å²) in [5.41, 5.74) is 3.35. The zero-order chi connectivity index (χ0) is 14.1. The topological polar surface area (TPSA) is 61.3 Å². The van der Waals surface area contributed by atoms with Gasteiger partial charge in [0.1, 0.15) is 11.6 Å². The molecule has 1 heterocycles. The van der Waals surface area contributed by atoms with Gasteiger partial charge in [-0.3, -0.25) is 4.99 Å². The van der Waals surface area contributed by atoms with Crippen molar-refractivity contribution in [2.75, 3.05) is 0 Å². The number of aromatic nitrogens is 2. The van der Waals surface area contributed by atoms with Crippen LogP contribution in [-0.4, -0.2) is 21.3 Å². The highest BCUT2D eigenvalue weighted by molar-refractivity contribution is 9.10. The third-order valence-corrected chi connectivity index (χ3v) is 3.42. The van der Waals surface area contributed by atoms with E-state index in [2.05, 4.69) is 30.9 Å². The van der Waals surface area contributed by atoms with Crippen LogP contribution in [0.4, 0.5) is 5.69 Å². The average molecular weight is 330 g/mol. The molecular weight excluding hydrogens is 318 g/mol. The molecular formula is C15H12BrN3O. The standard InChI is InChI=1S/C15H12BrN3O/c1-9-18-13-4-3-12(7-14(13)19-9)17-8-10-6-11(16)2-5-15(10)20/h2-8,20H,1H3,(H,18,19). The molecule has 3 aromatic rings. The normalized spacial score (nSPS) is 11.5. The Hall–Kier alpha value is -2.14. The van der Waals surface area contributed by atoms with Crippen LogP contribution >= 0.6 is 15.9 Å². The number of rotatable bonds is 2. The number of imidazole rings is 1. The van der Waals surface area contributed by atoms with Crippen LogP contribution < -0.4 is 0 Å². The molecule has 0 atom stereocenters. The quantitative estimate of drug-likeness (QED) is 0.695. The second-order valence-corrected chi connectivity index (χ2v) is 5.40. The maximum Gasteiger partial charge on any atom is 0.124 e. The fourth-order valence-corrected chi connectivity index (χ4v) is 2.36. The van der Waals surface area contributed by atoms with E-state index in [1.54, 1.807) is 18.3 Å². The molecule has 0 spiro atoms. The number of aromatic amines is 1. The number of aliphatic imine (C=N–C) groups is 1. The highest BCUT2D eigenvalue weighted by Crippen LogP contribution is 2.23. The van der Waals surface area contributed by atoms with E-state index in [-0.39, 0.29) is 5.75 Å². The molecule has 1 aromatic heterocycles. The molecule has 0 amide bonds. The molecule has 0 saturated heterocycles. The van der Waals surface area contributed by atoms with E-state index >= 15 is 0 Å². The Morgan fingerprint density at radius 1 is 1.25 bits per heavy atom. The fraction of sp³-hybridized carbons (Fsp3) is 0.0667. The lowest BCUT2D eigenvalue weighted by Crippen LogP contribution is -1.82. The SMILES string of the molecule is Cc1nc2ccc(N=Cc3cc(Br)ccc3O)cc2[nH]1. The maximum absolute atomic E-state index is 9.76. The van der Waals surface area contributed by atoms with Crippen LogP contribution in [0.25, 0.3) is 11.0 Å². The molecule has 4 nitrogen and oxygen atoms in total. The molecule has 0 aliphatic carbocycles. The second kappa shape index (κ2) is 5.09. The summed E-state index contributed by atoms with van der Waals surface area (Å²) in [7, 11) is 0. The molecule has 5 heteroatoms. The van der Waals surface area contributed by atoms with Crippen molar-refractivity contribution in [2.24, 2.45) is 4.99 Å². The number of aryl methyl sites for hydroxylation is 1. The predicted octanol–water partition coefficient (Wildman–Crippen LogP) is 4.09. The van der Waals surface area contributed by atoms with Crippen LogP contribution in [0.1, 0.15) is 11.4 Å². The van der Waals surface area contributed by atoms with Crippen LogP contribution in [0.5, 0.6) is 5.75 Å². The summed E-state index contributed by atoms with van der Waals surface area (Å²) in [5.74, 6) is 1.08. The summed E-state index contributed by atoms with van der Waals surface area (Å²) in [4.78, 5) is 11.9. The molecule has 0 unspecified atom stereocenters. The average Bonchev–Trinajstić information content (AvgIpc) is 2.79. The minimum Gasteiger partial charge on any atom is -0.507 e. The van der Waals surface area contributed by atoms with Crippen LogP contribution in [0.2, 0.25) is 0 Å². The molecule has 20 heavy (non-hydrogen) atoms. The molecule has 0 fully saturated rings. The van der Waals surface area contributed by atoms with Gasteiger partial charge >= 0.3 is 0 Å². The molecule has 2 aromatic carbocycles. The van der Waals surface area contributed by atoms with Gasteiger partial charge in [0.05, 0.1) is 16.7 Å². The molecule has 0 radical (unpaired) electrons. The van der Waals surface area contributed by atoms with Crippen LogP contribution in [0.3, 0.4) is 0 Å². The smallest absolute Gasteiger partial charge is 0.124 e. The summed E-state index contributed by atoms with van der Waals surface area (Å²) in [6.07, 6.45) is 1.64. The van der Waals surface area contributed by atoms with Crippen molar-refractivity contribution in [3.63, 3.8) is 0 Å². The Morgan fingerprint density at radius 3 is 2.95 bits per heavy atom. The number of H-pyrrole nitrogens is 1. The van der Waals surface area contributed by atoms with Gasteiger partial charge in [0, 0.05) is 16.3 Å². The van der Waals surface area contributed by atoms with E-state index < -0.39 is 0 Å². The molecule has 0 bridgehead atoms. The number of phenolic OH excluding ortho intramolecular Hbond substituents is 1. The van der Waals surface area contributed by atoms with Crippen LogP contribution in [-0.2, 0) is 0 Å². The summed E-state index contributed by atoms with van der Waals surface area (Å²) >= 11 is 3.37. The number of benzene rings is 2.